The number of hydrogen-bond donors (Lipinski definition) is 1. The van der Waals surface area contributed by atoms with Crippen LogP contribution in [0.5, 0.6) is 11.5 Å². The Hall–Kier alpha value is -1.78. The van der Waals surface area contributed by atoms with Crippen LogP contribution in [0.2, 0.25) is 5.02 Å². The first-order valence-corrected chi connectivity index (χ1v) is 6.74. The number of benzene rings is 2. The van der Waals surface area contributed by atoms with E-state index >= 15 is 0 Å². The van der Waals surface area contributed by atoms with E-state index in [9.17, 15) is 0 Å². The second-order valence-corrected chi connectivity index (χ2v) is 5.02. The lowest BCUT2D eigenvalue weighted by Crippen LogP contribution is -2.09. The molecule has 3 nitrogen and oxygen atoms in total. The minimum absolute atomic E-state index is 0.323. The molecule has 104 valence electrons. The average molecular weight is 308 g/mol. The molecule has 2 rings (SSSR count). The number of halogens is 1. The summed E-state index contributed by atoms with van der Waals surface area (Å²) in [4.78, 5) is 0.323. The zero-order valence-corrected chi connectivity index (χ0v) is 12.5. The van der Waals surface area contributed by atoms with Crippen LogP contribution in [0.3, 0.4) is 0 Å². The Bertz CT molecular complexity index is 614. The van der Waals surface area contributed by atoms with Crippen LogP contribution in [0.1, 0.15) is 11.1 Å². The molecule has 0 aromatic heterocycles. The van der Waals surface area contributed by atoms with E-state index in [0.29, 0.717) is 28.1 Å². The maximum Gasteiger partial charge on any atom is 0.162 e. The number of rotatable bonds is 5. The van der Waals surface area contributed by atoms with Crippen molar-refractivity contribution in [2.75, 3.05) is 7.11 Å². The van der Waals surface area contributed by atoms with Gasteiger partial charge in [0, 0.05) is 10.6 Å². The highest BCUT2D eigenvalue weighted by Gasteiger charge is 2.07. The van der Waals surface area contributed by atoms with Crippen molar-refractivity contribution in [1.29, 1.82) is 0 Å². The summed E-state index contributed by atoms with van der Waals surface area (Å²) in [5, 5.41) is 0.696. The summed E-state index contributed by atoms with van der Waals surface area (Å²) in [5.74, 6) is 1.24. The third-order valence-corrected chi connectivity index (χ3v) is 3.24. The smallest absolute Gasteiger partial charge is 0.162 e. The molecule has 0 atom stereocenters. The minimum atomic E-state index is 0.323. The summed E-state index contributed by atoms with van der Waals surface area (Å²) in [6.07, 6.45) is 0. The molecule has 0 fully saturated rings. The lowest BCUT2D eigenvalue weighted by molar-refractivity contribution is 0.284. The molecule has 0 bridgehead atoms. The maximum atomic E-state index is 5.84. The van der Waals surface area contributed by atoms with Crippen LogP contribution in [0, 0.1) is 0 Å². The van der Waals surface area contributed by atoms with E-state index in [2.05, 4.69) is 0 Å². The molecule has 0 heterocycles. The van der Waals surface area contributed by atoms with Gasteiger partial charge in [0.25, 0.3) is 0 Å². The second-order valence-electron chi connectivity index (χ2n) is 4.15. The molecular formula is C15H14ClNO2S. The van der Waals surface area contributed by atoms with Gasteiger partial charge in [-0.3, -0.25) is 0 Å². The molecule has 0 unspecified atom stereocenters. The van der Waals surface area contributed by atoms with Crippen molar-refractivity contribution in [3.05, 3.63) is 58.6 Å². The number of methoxy groups -OCH3 is 1. The van der Waals surface area contributed by atoms with Gasteiger partial charge in [0.15, 0.2) is 11.5 Å². The Labute approximate surface area is 128 Å². The highest BCUT2D eigenvalue weighted by atomic mass is 35.5. The molecule has 20 heavy (non-hydrogen) atoms. The Morgan fingerprint density at radius 1 is 1.15 bits per heavy atom. The monoisotopic (exact) mass is 307 g/mol. The van der Waals surface area contributed by atoms with Crippen molar-refractivity contribution in [1.82, 2.24) is 0 Å². The molecule has 0 saturated carbocycles. The van der Waals surface area contributed by atoms with E-state index in [1.807, 2.05) is 24.3 Å². The third kappa shape index (κ3) is 3.62. The molecule has 0 spiro atoms. The molecule has 2 N–H and O–H groups in total. The Balaban J connectivity index is 2.16. The van der Waals surface area contributed by atoms with Crippen molar-refractivity contribution in [2.24, 2.45) is 5.73 Å². The second kappa shape index (κ2) is 6.59. The fourth-order valence-electron chi connectivity index (χ4n) is 1.68. The van der Waals surface area contributed by atoms with Gasteiger partial charge in [0.2, 0.25) is 0 Å². The highest BCUT2D eigenvalue weighted by Crippen LogP contribution is 2.29. The van der Waals surface area contributed by atoms with E-state index in [0.717, 1.165) is 11.1 Å². The van der Waals surface area contributed by atoms with Gasteiger partial charge in [-0.25, -0.2) is 0 Å². The van der Waals surface area contributed by atoms with Gasteiger partial charge in [-0.15, -0.1) is 0 Å². The van der Waals surface area contributed by atoms with Gasteiger partial charge in [0.1, 0.15) is 11.6 Å². The summed E-state index contributed by atoms with van der Waals surface area (Å²) in [6, 6.07) is 12.8. The fraction of sp³-hybridized carbons (Fsp3) is 0.133. The predicted octanol–water partition coefficient (Wildman–Crippen LogP) is 3.56. The Morgan fingerprint density at radius 2 is 1.85 bits per heavy atom. The van der Waals surface area contributed by atoms with Crippen molar-refractivity contribution in [3.8, 4) is 11.5 Å². The van der Waals surface area contributed by atoms with Crippen LogP contribution in [-0.4, -0.2) is 12.1 Å². The Morgan fingerprint density at radius 3 is 2.45 bits per heavy atom. The van der Waals surface area contributed by atoms with E-state index < -0.39 is 0 Å². The van der Waals surface area contributed by atoms with Gasteiger partial charge in [-0.1, -0.05) is 36.0 Å². The number of thiocarbonyl (C=S) groups is 1. The third-order valence-electron chi connectivity index (χ3n) is 2.76. The normalized spacial score (nSPS) is 10.1. The number of hydrogen-bond acceptors (Lipinski definition) is 3. The predicted molar refractivity (Wildman–Crippen MR) is 84.7 cm³/mol. The molecule has 2 aromatic carbocycles. The molecule has 2 aromatic rings. The van der Waals surface area contributed by atoms with Crippen molar-refractivity contribution in [3.63, 3.8) is 0 Å². The highest BCUT2D eigenvalue weighted by molar-refractivity contribution is 7.80. The first-order valence-electron chi connectivity index (χ1n) is 5.95. The molecule has 0 aliphatic carbocycles. The summed E-state index contributed by atoms with van der Waals surface area (Å²) in [6.45, 7) is 0.411. The topological polar surface area (TPSA) is 44.5 Å². The molecular weight excluding hydrogens is 294 g/mol. The number of ether oxygens (including phenoxy) is 2. The SMILES string of the molecule is COc1ccc(C(N)=S)cc1OCc1ccc(Cl)cc1. The lowest BCUT2D eigenvalue weighted by atomic mass is 10.2. The van der Waals surface area contributed by atoms with E-state index in [1.54, 1.807) is 25.3 Å². The first kappa shape index (κ1) is 14.6. The van der Waals surface area contributed by atoms with Crippen LogP contribution in [0.15, 0.2) is 42.5 Å². The molecule has 0 saturated heterocycles. The minimum Gasteiger partial charge on any atom is -0.493 e. The first-order chi connectivity index (χ1) is 9.60. The molecule has 0 radical (unpaired) electrons. The lowest BCUT2D eigenvalue weighted by Gasteiger charge is -2.12. The summed E-state index contributed by atoms with van der Waals surface area (Å²) in [7, 11) is 1.59. The molecule has 0 aliphatic heterocycles. The van der Waals surface area contributed by atoms with E-state index in [4.69, 9.17) is 39.0 Å². The summed E-state index contributed by atoms with van der Waals surface area (Å²) >= 11 is 10.8. The van der Waals surface area contributed by atoms with Gasteiger partial charge in [-0.2, -0.15) is 0 Å². The number of nitrogens with two attached hydrogens (primary N) is 1. The van der Waals surface area contributed by atoms with Crippen molar-refractivity contribution < 1.29 is 9.47 Å². The van der Waals surface area contributed by atoms with Crippen molar-refractivity contribution >= 4 is 28.8 Å². The zero-order valence-electron chi connectivity index (χ0n) is 10.9. The summed E-state index contributed by atoms with van der Waals surface area (Å²) < 4.78 is 11.0. The van der Waals surface area contributed by atoms with Crippen LogP contribution in [0.4, 0.5) is 0 Å². The zero-order chi connectivity index (χ0) is 14.5. The standard InChI is InChI=1S/C15H14ClNO2S/c1-18-13-7-4-11(15(17)20)8-14(13)19-9-10-2-5-12(16)6-3-10/h2-8H,9H2,1H3,(H2,17,20). The van der Waals surface area contributed by atoms with Crippen LogP contribution < -0.4 is 15.2 Å². The Kier molecular flexibility index (Phi) is 4.82. The maximum absolute atomic E-state index is 5.84. The van der Waals surface area contributed by atoms with Crippen LogP contribution >= 0.6 is 23.8 Å². The summed E-state index contributed by atoms with van der Waals surface area (Å²) in [5.41, 5.74) is 7.37. The van der Waals surface area contributed by atoms with Gasteiger partial charge < -0.3 is 15.2 Å². The quantitative estimate of drug-likeness (QED) is 0.858. The fourth-order valence-corrected chi connectivity index (χ4v) is 1.94. The van der Waals surface area contributed by atoms with Gasteiger partial charge in [-0.05, 0) is 35.9 Å². The van der Waals surface area contributed by atoms with Crippen molar-refractivity contribution in [2.45, 2.75) is 6.61 Å². The largest absolute Gasteiger partial charge is 0.493 e. The van der Waals surface area contributed by atoms with Crippen LogP contribution in [0.25, 0.3) is 0 Å². The van der Waals surface area contributed by atoms with Gasteiger partial charge >= 0.3 is 0 Å². The molecule has 0 amide bonds. The van der Waals surface area contributed by atoms with Gasteiger partial charge in [0.05, 0.1) is 7.11 Å². The molecule has 0 aliphatic rings. The van der Waals surface area contributed by atoms with E-state index in [-0.39, 0.29) is 0 Å². The van der Waals surface area contributed by atoms with Crippen LogP contribution in [-0.2, 0) is 6.61 Å². The molecule has 5 heteroatoms. The average Bonchev–Trinajstić information content (AvgIpc) is 2.46. The van der Waals surface area contributed by atoms with E-state index in [1.165, 1.54) is 0 Å².